The first-order valence-electron chi connectivity index (χ1n) is 9.11. The molecule has 0 bridgehead atoms. The van der Waals surface area contributed by atoms with Crippen LogP contribution in [0.15, 0.2) is 46.9 Å². The van der Waals surface area contributed by atoms with E-state index in [1.807, 2.05) is 32.0 Å². The Balaban J connectivity index is 1.53. The van der Waals surface area contributed by atoms with Gasteiger partial charge in [-0.05, 0) is 43.7 Å². The summed E-state index contributed by atoms with van der Waals surface area (Å²) in [7, 11) is 0. The monoisotopic (exact) mass is 390 g/mol. The summed E-state index contributed by atoms with van der Waals surface area (Å²) in [6.07, 6.45) is 0.358. The molecule has 0 spiro atoms. The second-order valence-corrected chi connectivity index (χ2v) is 6.86. The number of nitrogens with zero attached hydrogens (tertiary/aromatic N) is 3. The highest BCUT2D eigenvalue weighted by molar-refractivity contribution is 6.20. The third-order valence-corrected chi connectivity index (χ3v) is 4.68. The summed E-state index contributed by atoms with van der Waals surface area (Å²) in [6, 6.07) is 12.1. The van der Waals surface area contributed by atoms with Gasteiger partial charge in [0.1, 0.15) is 0 Å². The van der Waals surface area contributed by atoms with Crippen LogP contribution in [-0.4, -0.2) is 27.9 Å². The smallest absolute Gasteiger partial charge is 0.322 e. The zero-order chi connectivity index (χ0) is 20.5. The number of carbonyl (C=O) groups is 3. The van der Waals surface area contributed by atoms with Crippen molar-refractivity contribution < 1.29 is 18.8 Å². The molecule has 0 atom stereocenters. The maximum absolute atomic E-state index is 12.6. The topological polar surface area (TPSA) is 105 Å². The molecular weight excluding hydrogens is 372 g/mol. The Hall–Kier alpha value is -3.81. The molecule has 0 aliphatic carbocycles. The molecule has 2 heterocycles. The van der Waals surface area contributed by atoms with Gasteiger partial charge < -0.3 is 4.42 Å². The summed E-state index contributed by atoms with van der Waals surface area (Å²) in [5.74, 6) is -0.730. The highest BCUT2D eigenvalue weighted by Crippen LogP contribution is 2.26. The fourth-order valence-corrected chi connectivity index (χ4v) is 3.26. The third kappa shape index (κ3) is 3.64. The number of rotatable bonds is 4. The minimum absolute atomic E-state index is 0.0382. The fourth-order valence-electron chi connectivity index (χ4n) is 3.26. The molecule has 146 valence electrons. The van der Waals surface area contributed by atoms with Crippen molar-refractivity contribution in [3.8, 4) is 11.5 Å². The number of anilines is 2. The molecule has 29 heavy (non-hydrogen) atoms. The minimum atomic E-state index is -0.484. The fraction of sp³-hybridized carbons (Fsp3) is 0.190. The predicted molar refractivity (Wildman–Crippen MR) is 105 cm³/mol. The Morgan fingerprint density at radius 3 is 2.52 bits per heavy atom. The van der Waals surface area contributed by atoms with Crippen LogP contribution < -0.4 is 10.2 Å². The first-order valence-corrected chi connectivity index (χ1v) is 9.11. The number of hydrogen-bond acceptors (Lipinski definition) is 6. The van der Waals surface area contributed by atoms with E-state index in [9.17, 15) is 14.4 Å². The van der Waals surface area contributed by atoms with Gasteiger partial charge in [-0.15, -0.1) is 5.10 Å². The van der Waals surface area contributed by atoms with Crippen LogP contribution in [0.1, 0.15) is 34.3 Å². The molecule has 8 nitrogen and oxygen atoms in total. The van der Waals surface area contributed by atoms with Crippen molar-refractivity contribution >= 4 is 29.4 Å². The summed E-state index contributed by atoms with van der Waals surface area (Å²) in [5, 5.41) is 10.4. The SMILES string of the molecule is Cc1ccc(-c2nnc(NC(=O)c3cccc(N4C(=O)CCC4=O)c3)o2)c(C)c1. The quantitative estimate of drug-likeness (QED) is 0.686. The van der Waals surface area contributed by atoms with Gasteiger partial charge in [0.05, 0.1) is 5.69 Å². The van der Waals surface area contributed by atoms with Crippen molar-refractivity contribution in [3.05, 3.63) is 59.2 Å². The lowest BCUT2D eigenvalue weighted by atomic mass is 10.1. The first kappa shape index (κ1) is 18.5. The number of hydrogen-bond donors (Lipinski definition) is 1. The lowest BCUT2D eigenvalue weighted by Crippen LogP contribution is -2.28. The maximum Gasteiger partial charge on any atom is 0.322 e. The molecule has 0 radical (unpaired) electrons. The summed E-state index contributed by atoms with van der Waals surface area (Å²) in [5.41, 5.74) is 3.53. The molecule has 0 unspecified atom stereocenters. The molecule has 1 saturated heterocycles. The number of amides is 3. The van der Waals surface area contributed by atoms with Gasteiger partial charge in [-0.25, -0.2) is 0 Å². The van der Waals surface area contributed by atoms with Gasteiger partial charge >= 0.3 is 6.01 Å². The zero-order valence-electron chi connectivity index (χ0n) is 15.9. The van der Waals surface area contributed by atoms with E-state index in [1.54, 1.807) is 18.2 Å². The molecule has 1 aliphatic heterocycles. The molecule has 4 rings (SSSR count). The largest absolute Gasteiger partial charge is 0.403 e. The second kappa shape index (κ2) is 7.31. The molecular formula is C21H18N4O4. The summed E-state index contributed by atoms with van der Waals surface area (Å²) < 4.78 is 5.57. The highest BCUT2D eigenvalue weighted by atomic mass is 16.4. The van der Waals surface area contributed by atoms with E-state index in [-0.39, 0.29) is 36.2 Å². The molecule has 1 fully saturated rings. The zero-order valence-corrected chi connectivity index (χ0v) is 15.9. The van der Waals surface area contributed by atoms with Crippen molar-refractivity contribution in [1.29, 1.82) is 0 Å². The van der Waals surface area contributed by atoms with E-state index < -0.39 is 5.91 Å². The number of imide groups is 1. The average Bonchev–Trinajstić information content (AvgIpc) is 3.28. The van der Waals surface area contributed by atoms with Crippen molar-refractivity contribution in [3.63, 3.8) is 0 Å². The number of aromatic nitrogens is 2. The third-order valence-electron chi connectivity index (χ3n) is 4.68. The van der Waals surface area contributed by atoms with Crippen molar-refractivity contribution in [2.45, 2.75) is 26.7 Å². The summed E-state index contributed by atoms with van der Waals surface area (Å²) in [6.45, 7) is 3.94. The minimum Gasteiger partial charge on any atom is -0.403 e. The normalized spacial score (nSPS) is 13.8. The van der Waals surface area contributed by atoms with E-state index in [0.717, 1.165) is 21.6 Å². The van der Waals surface area contributed by atoms with E-state index in [2.05, 4.69) is 15.5 Å². The number of aryl methyl sites for hydroxylation is 2. The van der Waals surface area contributed by atoms with Crippen LogP contribution in [0.25, 0.3) is 11.5 Å². The van der Waals surface area contributed by atoms with E-state index >= 15 is 0 Å². The van der Waals surface area contributed by atoms with E-state index in [1.165, 1.54) is 6.07 Å². The standard InChI is InChI=1S/C21H18N4O4/c1-12-6-7-16(13(2)10-12)20-23-24-21(29-20)22-19(28)14-4-3-5-15(11-14)25-17(26)8-9-18(25)27/h3-7,10-11H,8-9H2,1-2H3,(H,22,24,28). The van der Waals surface area contributed by atoms with Crippen LogP contribution in [0.3, 0.4) is 0 Å². The Morgan fingerprint density at radius 2 is 1.79 bits per heavy atom. The van der Waals surface area contributed by atoms with Crippen LogP contribution in [0.4, 0.5) is 11.7 Å². The number of nitrogens with one attached hydrogen (secondary N) is 1. The van der Waals surface area contributed by atoms with Gasteiger partial charge in [0.15, 0.2) is 0 Å². The molecule has 2 aromatic carbocycles. The maximum atomic E-state index is 12.6. The summed E-state index contributed by atoms with van der Waals surface area (Å²) >= 11 is 0. The van der Waals surface area contributed by atoms with Gasteiger partial charge in [0.2, 0.25) is 17.7 Å². The van der Waals surface area contributed by atoms with Crippen LogP contribution >= 0.6 is 0 Å². The van der Waals surface area contributed by atoms with Crippen LogP contribution in [0.2, 0.25) is 0 Å². The lowest BCUT2D eigenvalue weighted by Gasteiger charge is -2.14. The Kier molecular flexibility index (Phi) is 4.67. The highest BCUT2D eigenvalue weighted by Gasteiger charge is 2.30. The molecule has 1 aromatic heterocycles. The van der Waals surface area contributed by atoms with Crippen molar-refractivity contribution in [2.24, 2.45) is 0 Å². The molecule has 1 N–H and O–H groups in total. The number of carbonyl (C=O) groups excluding carboxylic acids is 3. The van der Waals surface area contributed by atoms with E-state index in [4.69, 9.17) is 4.42 Å². The van der Waals surface area contributed by atoms with Gasteiger partial charge in [-0.1, -0.05) is 28.9 Å². The Bertz CT molecular complexity index is 1120. The Labute approximate surface area is 166 Å². The van der Waals surface area contributed by atoms with Crippen LogP contribution in [0.5, 0.6) is 0 Å². The molecule has 0 saturated carbocycles. The van der Waals surface area contributed by atoms with Gasteiger partial charge in [0, 0.05) is 24.0 Å². The molecule has 3 aromatic rings. The summed E-state index contributed by atoms with van der Waals surface area (Å²) in [4.78, 5) is 37.5. The van der Waals surface area contributed by atoms with Crippen molar-refractivity contribution in [1.82, 2.24) is 10.2 Å². The number of benzene rings is 2. The lowest BCUT2D eigenvalue weighted by molar-refractivity contribution is -0.121. The molecule has 8 heteroatoms. The predicted octanol–water partition coefficient (Wildman–Crippen LogP) is 3.26. The van der Waals surface area contributed by atoms with Gasteiger partial charge in [-0.3, -0.25) is 24.6 Å². The first-order chi connectivity index (χ1) is 13.9. The Morgan fingerprint density at radius 1 is 1.03 bits per heavy atom. The van der Waals surface area contributed by atoms with Crippen LogP contribution in [-0.2, 0) is 9.59 Å². The molecule has 3 amide bonds. The molecule has 1 aliphatic rings. The average molecular weight is 390 g/mol. The second-order valence-electron chi connectivity index (χ2n) is 6.86. The van der Waals surface area contributed by atoms with E-state index in [0.29, 0.717) is 11.6 Å². The van der Waals surface area contributed by atoms with Gasteiger partial charge in [0.25, 0.3) is 5.91 Å². The van der Waals surface area contributed by atoms with Crippen LogP contribution in [0, 0.1) is 13.8 Å². The van der Waals surface area contributed by atoms with Gasteiger partial charge in [-0.2, -0.15) is 0 Å². The van der Waals surface area contributed by atoms with Crippen molar-refractivity contribution in [2.75, 3.05) is 10.2 Å².